The quantitative estimate of drug-likeness (QED) is 0.714. The first-order valence-electron chi connectivity index (χ1n) is 5.70. The molecule has 1 heterocycles. The second kappa shape index (κ2) is 3.97. The van der Waals surface area contributed by atoms with Gasteiger partial charge in [-0.3, -0.25) is 4.90 Å². The van der Waals surface area contributed by atoms with Gasteiger partial charge < -0.3 is 5.11 Å². The Bertz CT molecular complexity index is 171. The van der Waals surface area contributed by atoms with E-state index in [4.69, 9.17) is 5.11 Å². The average Bonchev–Trinajstić information content (AvgIpc) is 2.76. The number of rotatable bonds is 4. The standard InChI is InChI=1S/C11H21NO/c1-2-3-10-6-11(10)12-5-4-9(7-12)8-13/h9-11,13H,2-8H2,1H3. The molecule has 1 saturated carbocycles. The van der Waals surface area contributed by atoms with Crippen molar-refractivity contribution in [3.8, 4) is 0 Å². The summed E-state index contributed by atoms with van der Waals surface area (Å²) in [5, 5.41) is 9.03. The van der Waals surface area contributed by atoms with E-state index < -0.39 is 0 Å². The van der Waals surface area contributed by atoms with Gasteiger partial charge in [-0.15, -0.1) is 0 Å². The highest BCUT2D eigenvalue weighted by molar-refractivity contribution is 4.97. The molecule has 0 amide bonds. The van der Waals surface area contributed by atoms with Gasteiger partial charge in [-0.05, 0) is 37.6 Å². The van der Waals surface area contributed by atoms with Gasteiger partial charge in [-0.1, -0.05) is 13.3 Å². The van der Waals surface area contributed by atoms with E-state index in [1.165, 1.54) is 32.2 Å². The second-order valence-electron chi connectivity index (χ2n) is 4.68. The smallest absolute Gasteiger partial charge is 0.0471 e. The van der Waals surface area contributed by atoms with Crippen LogP contribution in [0.3, 0.4) is 0 Å². The van der Waals surface area contributed by atoms with Crippen molar-refractivity contribution in [1.82, 2.24) is 4.90 Å². The molecule has 2 aliphatic rings. The fraction of sp³-hybridized carbons (Fsp3) is 1.00. The summed E-state index contributed by atoms with van der Waals surface area (Å²) in [6, 6.07) is 0.886. The summed E-state index contributed by atoms with van der Waals surface area (Å²) in [4.78, 5) is 2.60. The van der Waals surface area contributed by atoms with Crippen molar-refractivity contribution in [3.05, 3.63) is 0 Å². The van der Waals surface area contributed by atoms with Crippen molar-refractivity contribution in [2.45, 2.75) is 38.6 Å². The maximum absolute atomic E-state index is 9.03. The highest BCUT2D eigenvalue weighted by Crippen LogP contribution is 2.41. The van der Waals surface area contributed by atoms with Gasteiger partial charge in [0.2, 0.25) is 0 Å². The van der Waals surface area contributed by atoms with Crippen LogP contribution in [0.1, 0.15) is 32.6 Å². The summed E-state index contributed by atoms with van der Waals surface area (Å²) in [6.45, 7) is 5.05. The Hall–Kier alpha value is -0.0800. The van der Waals surface area contributed by atoms with Crippen molar-refractivity contribution >= 4 is 0 Å². The van der Waals surface area contributed by atoms with E-state index in [-0.39, 0.29) is 0 Å². The predicted octanol–water partition coefficient (Wildman–Crippen LogP) is 1.49. The Kier molecular flexibility index (Phi) is 2.89. The topological polar surface area (TPSA) is 23.5 Å². The van der Waals surface area contributed by atoms with Crippen molar-refractivity contribution in [2.24, 2.45) is 11.8 Å². The minimum Gasteiger partial charge on any atom is -0.396 e. The Morgan fingerprint density at radius 2 is 2.31 bits per heavy atom. The first-order chi connectivity index (χ1) is 6.35. The van der Waals surface area contributed by atoms with E-state index >= 15 is 0 Å². The number of aliphatic hydroxyl groups excluding tert-OH is 1. The van der Waals surface area contributed by atoms with E-state index in [2.05, 4.69) is 11.8 Å². The predicted molar refractivity (Wildman–Crippen MR) is 53.6 cm³/mol. The highest BCUT2D eigenvalue weighted by Gasteiger charge is 2.42. The molecule has 3 atom stereocenters. The number of nitrogens with zero attached hydrogens (tertiary/aromatic N) is 1. The number of hydrogen-bond acceptors (Lipinski definition) is 2. The van der Waals surface area contributed by atoms with Crippen molar-refractivity contribution in [1.29, 1.82) is 0 Å². The van der Waals surface area contributed by atoms with Crippen LogP contribution < -0.4 is 0 Å². The first kappa shape index (κ1) is 9.47. The zero-order chi connectivity index (χ0) is 9.26. The van der Waals surface area contributed by atoms with Crippen molar-refractivity contribution < 1.29 is 5.11 Å². The van der Waals surface area contributed by atoms with Gasteiger partial charge in [0.1, 0.15) is 0 Å². The summed E-state index contributed by atoms with van der Waals surface area (Å²) < 4.78 is 0. The fourth-order valence-corrected chi connectivity index (χ4v) is 2.67. The van der Waals surface area contributed by atoms with Crippen LogP contribution in [0, 0.1) is 11.8 Å². The van der Waals surface area contributed by atoms with Crippen LogP contribution in [0.2, 0.25) is 0 Å². The summed E-state index contributed by atoms with van der Waals surface area (Å²) in [5.74, 6) is 1.56. The summed E-state index contributed by atoms with van der Waals surface area (Å²) >= 11 is 0. The molecular formula is C11H21NO. The first-order valence-corrected chi connectivity index (χ1v) is 5.70. The molecule has 0 aromatic carbocycles. The molecule has 1 aliphatic carbocycles. The minimum absolute atomic E-state index is 0.391. The molecule has 0 bridgehead atoms. The van der Waals surface area contributed by atoms with E-state index in [9.17, 15) is 0 Å². The summed E-state index contributed by atoms with van der Waals surface area (Å²) in [7, 11) is 0. The van der Waals surface area contributed by atoms with Gasteiger partial charge in [0.15, 0.2) is 0 Å². The van der Waals surface area contributed by atoms with Crippen LogP contribution in [0.5, 0.6) is 0 Å². The van der Waals surface area contributed by atoms with Gasteiger partial charge in [-0.25, -0.2) is 0 Å². The lowest BCUT2D eigenvalue weighted by molar-refractivity contribution is 0.217. The monoisotopic (exact) mass is 183 g/mol. The second-order valence-corrected chi connectivity index (χ2v) is 4.68. The van der Waals surface area contributed by atoms with Crippen LogP contribution in [-0.2, 0) is 0 Å². The molecular weight excluding hydrogens is 162 g/mol. The molecule has 76 valence electrons. The summed E-state index contributed by atoms with van der Waals surface area (Å²) in [5.41, 5.74) is 0. The average molecular weight is 183 g/mol. The Morgan fingerprint density at radius 3 is 2.92 bits per heavy atom. The molecule has 2 fully saturated rings. The Balaban J connectivity index is 1.72. The molecule has 2 nitrogen and oxygen atoms in total. The molecule has 13 heavy (non-hydrogen) atoms. The molecule has 2 heteroatoms. The minimum atomic E-state index is 0.391. The summed E-state index contributed by atoms with van der Waals surface area (Å²) in [6.07, 6.45) is 5.38. The van der Waals surface area contributed by atoms with Crippen molar-refractivity contribution in [2.75, 3.05) is 19.7 Å². The van der Waals surface area contributed by atoms with E-state index in [0.717, 1.165) is 18.5 Å². The number of likely N-dealkylation sites (tertiary alicyclic amines) is 1. The number of aliphatic hydroxyl groups is 1. The van der Waals surface area contributed by atoms with Crippen molar-refractivity contribution in [3.63, 3.8) is 0 Å². The molecule has 1 N–H and O–H groups in total. The van der Waals surface area contributed by atoms with Crippen LogP contribution in [-0.4, -0.2) is 35.7 Å². The molecule has 1 aliphatic heterocycles. The largest absolute Gasteiger partial charge is 0.396 e. The Morgan fingerprint density at radius 1 is 1.46 bits per heavy atom. The van der Waals surface area contributed by atoms with Crippen LogP contribution in [0.4, 0.5) is 0 Å². The zero-order valence-electron chi connectivity index (χ0n) is 8.58. The van der Waals surface area contributed by atoms with Crippen LogP contribution in [0.25, 0.3) is 0 Å². The fourth-order valence-electron chi connectivity index (χ4n) is 2.67. The molecule has 0 spiro atoms. The lowest BCUT2D eigenvalue weighted by Crippen LogP contribution is -2.25. The highest BCUT2D eigenvalue weighted by atomic mass is 16.3. The maximum atomic E-state index is 9.03. The maximum Gasteiger partial charge on any atom is 0.0471 e. The van der Waals surface area contributed by atoms with Gasteiger partial charge in [0, 0.05) is 19.2 Å². The number of hydrogen-bond donors (Lipinski definition) is 1. The molecule has 2 rings (SSSR count). The third-order valence-electron chi connectivity index (χ3n) is 3.59. The lowest BCUT2D eigenvalue weighted by atomic mass is 10.1. The Labute approximate surface area is 80.9 Å². The normalized spacial score (nSPS) is 39.7. The SMILES string of the molecule is CCCC1CC1N1CCC(CO)C1. The molecule has 0 aromatic rings. The van der Waals surface area contributed by atoms with Gasteiger partial charge in [0.05, 0.1) is 0 Å². The van der Waals surface area contributed by atoms with E-state index in [1.807, 2.05) is 0 Å². The van der Waals surface area contributed by atoms with Gasteiger partial charge >= 0.3 is 0 Å². The van der Waals surface area contributed by atoms with Crippen LogP contribution >= 0.6 is 0 Å². The van der Waals surface area contributed by atoms with Gasteiger partial charge in [-0.2, -0.15) is 0 Å². The molecule has 1 saturated heterocycles. The van der Waals surface area contributed by atoms with E-state index in [0.29, 0.717) is 12.5 Å². The molecule has 0 aromatic heterocycles. The third-order valence-corrected chi connectivity index (χ3v) is 3.59. The zero-order valence-corrected chi connectivity index (χ0v) is 8.58. The van der Waals surface area contributed by atoms with Crippen LogP contribution in [0.15, 0.2) is 0 Å². The third kappa shape index (κ3) is 2.05. The lowest BCUT2D eigenvalue weighted by Gasteiger charge is -2.15. The van der Waals surface area contributed by atoms with E-state index in [1.54, 1.807) is 0 Å². The molecule has 0 radical (unpaired) electrons. The molecule has 3 unspecified atom stereocenters. The van der Waals surface area contributed by atoms with Gasteiger partial charge in [0.25, 0.3) is 0 Å².